The molecule has 2 rings (SSSR count). The molecule has 2 amide bonds. The molecule has 0 heterocycles. The molecule has 4 nitrogen and oxygen atoms in total. The van der Waals surface area contributed by atoms with Crippen LogP contribution in [0.4, 0.5) is 0 Å². The van der Waals surface area contributed by atoms with Crippen molar-refractivity contribution >= 4 is 51.1 Å². The maximum absolute atomic E-state index is 12.8. The van der Waals surface area contributed by atoms with Crippen molar-refractivity contribution in [3.63, 3.8) is 0 Å². The second-order valence-electron chi connectivity index (χ2n) is 5.99. The van der Waals surface area contributed by atoms with E-state index in [-0.39, 0.29) is 11.8 Å². The largest absolute Gasteiger partial charge is 0.357 e. The number of benzene rings is 2. The molecule has 2 aromatic rings. The topological polar surface area (TPSA) is 49.4 Å². The lowest BCUT2D eigenvalue weighted by atomic mass is 10.1. The van der Waals surface area contributed by atoms with E-state index in [0.717, 1.165) is 14.9 Å². The SMILES string of the molecule is CNC(=O)[C@H](C)N(Cc1cccc(Br)c1)C(=O)CCSc1ccc(Cl)cc1. The third-order valence-electron chi connectivity index (χ3n) is 4.05. The van der Waals surface area contributed by atoms with Crippen molar-refractivity contribution in [3.05, 3.63) is 63.6 Å². The molecule has 144 valence electrons. The molecule has 0 bridgehead atoms. The number of likely N-dealkylation sites (N-methyl/N-ethyl adjacent to an activating group) is 1. The lowest BCUT2D eigenvalue weighted by Crippen LogP contribution is -2.46. The highest BCUT2D eigenvalue weighted by atomic mass is 79.9. The zero-order chi connectivity index (χ0) is 19.8. The van der Waals surface area contributed by atoms with E-state index in [2.05, 4.69) is 21.2 Å². The molecule has 0 aliphatic heterocycles. The van der Waals surface area contributed by atoms with Gasteiger partial charge in [-0.1, -0.05) is 39.7 Å². The van der Waals surface area contributed by atoms with Crippen LogP contribution in [0.1, 0.15) is 18.9 Å². The number of hydrogen-bond donors (Lipinski definition) is 1. The summed E-state index contributed by atoms with van der Waals surface area (Å²) in [6, 6.07) is 14.8. The van der Waals surface area contributed by atoms with Gasteiger partial charge in [0.1, 0.15) is 6.04 Å². The van der Waals surface area contributed by atoms with Crippen LogP contribution in [-0.4, -0.2) is 35.6 Å². The molecule has 1 atom stereocenters. The van der Waals surface area contributed by atoms with Crippen molar-refractivity contribution < 1.29 is 9.59 Å². The third-order valence-corrected chi connectivity index (χ3v) is 5.81. The monoisotopic (exact) mass is 468 g/mol. The van der Waals surface area contributed by atoms with Crippen molar-refractivity contribution in [1.82, 2.24) is 10.2 Å². The molecule has 2 aromatic carbocycles. The van der Waals surface area contributed by atoms with Crippen molar-refractivity contribution in [2.45, 2.75) is 30.8 Å². The Hall–Kier alpha value is -1.50. The van der Waals surface area contributed by atoms with Crippen LogP contribution in [0, 0.1) is 0 Å². The number of amides is 2. The summed E-state index contributed by atoms with van der Waals surface area (Å²) in [4.78, 5) is 27.6. The molecule has 0 aromatic heterocycles. The van der Waals surface area contributed by atoms with E-state index < -0.39 is 6.04 Å². The van der Waals surface area contributed by atoms with Gasteiger partial charge in [0.05, 0.1) is 0 Å². The Morgan fingerprint density at radius 2 is 1.93 bits per heavy atom. The maximum atomic E-state index is 12.8. The Labute approximate surface area is 177 Å². The van der Waals surface area contributed by atoms with Crippen LogP contribution < -0.4 is 5.32 Å². The molecule has 1 N–H and O–H groups in total. The highest BCUT2D eigenvalue weighted by Crippen LogP contribution is 2.22. The minimum atomic E-state index is -0.540. The first-order chi connectivity index (χ1) is 12.9. The first kappa shape index (κ1) is 21.8. The smallest absolute Gasteiger partial charge is 0.242 e. The third kappa shape index (κ3) is 6.87. The number of carbonyl (C=O) groups excluding carboxylic acids is 2. The maximum Gasteiger partial charge on any atom is 0.242 e. The molecular weight excluding hydrogens is 448 g/mol. The summed E-state index contributed by atoms with van der Waals surface area (Å²) in [6.45, 7) is 2.14. The van der Waals surface area contributed by atoms with E-state index >= 15 is 0 Å². The van der Waals surface area contributed by atoms with Crippen molar-refractivity contribution in [1.29, 1.82) is 0 Å². The number of rotatable bonds is 8. The van der Waals surface area contributed by atoms with Crippen molar-refractivity contribution in [2.75, 3.05) is 12.8 Å². The molecule has 0 saturated carbocycles. The average Bonchev–Trinajstić information content (AvgIpc) is 2.66. The van der Waals surface area contributed by atoms with E-state index in [1.807, 2.05) is 48.5 Å². The molecule has 0 fully saturated rings. The van der Waals surface area contributed by atoms with Gasteiger partial charge < -0.3 is 10.2 Å². The van der Waals surface area contributed by atoms with Gasteiger partial charge in [-0.3, -0.25) is 9.59 Å². The Morgan fingerprint density at radius 3 is 2.56 bits per heavy atom. The molecule has 0 saturated heterocycles. The van der Waals surface area contributed by atoms with Crippen molar-refractivity contribution in [3.8, 4) is 0 Å². The highest BCUT2D eigenvalue weighted by molar-refractivity contribution is 9.10. The molecular formula is C20H22BrClN2O2S. The molecule has 7 heteroatoms. The molecule has 0 unspecified atom stereocenters. The Morgan fingerprint density at radius 1 is 1.22 bits per heavy atom. The van der Waals surface area contributed by atoms with Crippen molar-refractivity contribution in [2.24, 2.45) is 0 Å². The van der Waals surface area contributed by atoms with Gasteiger partial charge >= 0.3 is 0 Å². The second kappa shape index (κ2) is 10.7. The zero-order valence-electron chi connectivity index (χ0n) is 15.2. The van der Waals surface area contributed by atoms with Crippen LogP contribution in [0.3, 0.4) is 0 Å². The normalized spacial score (nSPS) is 11.7. The Kier molecular flexibility index (Phi) is 8.67. The van der Waals surface area contributed by atoms with Gasteiger partial charge in [-0.25, -0.2) is 0 Å². The summed E-state index contributed by atoms with van der Waals surface area (Å²) in [5, 5.41) is 3.31. The van der Waals surface area contributed by atoms with Gasteiger partial charge in [0, 0.05) is 40.2 Å². The van der Waals surface area contributed by atoms with Crippen LogP contribution in [0.2, 0.25) is 5.02 Å². The lowest BCUT2D eigenvalue weighted by molar-refractivity contribution is -0.140. The molecule has 0 aliphatic rings. The number of halogens is 2. The second-order valence-corrected chi connectivity index (χ2v) is 8.51. The number of thioether (sulfide) groups is 1. The number of carbonyl (C=O) groups is 2. The summed E-state index contributed by atoms with van der Waals surface area (Å²) >= 11 is 10.9. The number of nitrogens with zero attached hydrogens (tertiary/aromatic N) is 1. The summed E-state index contributed by atoms with van der Waals surface area (Å²) < 4.78 is 0.943. The predicted molar refractivity (Wildman–Crippen MR) is 115 cm³/mol. The van der Waals surface area contributed by atoms with Gasteiger partial charge in [0.25, 0.3) is 0 Å². The summed E-state index contributed by atoms with van der Waals surface area (Å²) in [5.74, 6) is 0.409. The first-order valence-corrected chi connectivity index (χ1v) is 10.7. The first-order valence-electron chi connectivity index (χ1n) is 8.54. The van der Waals surface area contributed by atoms with Gasteiger partial charge in [0.15, 0.2) is 0 Å². The van der Waals surface area contributed by atoms with E-state index in [4.69, 9.17) is 11.6 Å². The van der Waals surface area contributed by atoms with Crippen LogP contribution >= 0.6 is 39.3 Å². The van der Waals surface area contributed by atoms with E-state index in [9.17, 15) is 9.59 Å². The van der Waals surface area contributed by atoms with E-state index in [0.29, 0.717) is 23.7 Å². The lowest BCUT2D eigenvalue weighted by Gasteiger charge is -2.28. The fourth-order valence-electron chi connectivity index (χ4n) is 2.55. The van der Waals surface area contributed by atoms with E-state index in [1.165, 1.54) is 0 Å². The zero-order valence-corrected chi connectivity index (χ0v) is 18.4. The van der Waals surface area contributed by atoms with Crippen LogP contribution in [-0.2, 0) is 16.1 Å². The number of hydrogen-bond acceptors (Lipinski definition) is 3. The van der Waals surface area contributed by atoms with Gasteiger partial charge in [-0.15, -0.1) is 11.8 Å². The fraction of sp³-hybridized carbons (Fsp3) is 0.300. The molecule has 0 aliphatic carbocycles. The quantitative estimate of drug-likeness (QED) is 0.568. The van der Waals surface area contributed by atoms with E-state index in [1.54, 1.807) is 30.6 Å². The summed E-state index contributed by atoms with van der Waals surface area (Å²) in [5.41, 5.74) is 0.971. The van der Waals surface area contributed by atoms with Gasteiger partial charge in [-0.2, -0.15) is 0 Å². The minimum Gasteiger partial charge on any atom is -0.357 e. The summed E-state index contributed by atoms with van der Waals surface area (Å²) in [7, 11) is 1.58. The number of nitrogens with one attached hydrogen (secondary N) is 1. The molecule has 0 radical (unpaired) electrons. The molecule has 0 spiro atoms. The highest BCUT2D eigenvalue weighted by Gasteiger charge is 2.25. The predicted octanol–water partition coefficient (Wildman–Crippen LogP) is 4.75. The summed E-state index contributed by atoms with van der Waals surface area (Å²) in [6.07, 6.45) is 0.350. The minimum absolute atomic E-state index is 0.0486. The van der Waals surface area contributed by atoms with Crippen LogP contribution in [0.15, 0.2) is 57.9 Å². The van der Waals surface area contributed by atoms with Gasteiger partial charge in [0.2, 0.25) is 11.8 Å². The Bertz CT molecular complexity index is 786. The van der Waals surface area contributed by atoms with Crippen LogP contribution in [0.25, 0.3) is 0 Å². The Balaban J connectivity index is 2.03. The molecule has 27 heavy (non-hydrogen) atoms. The van der Waals surface area contributed by atoms with Gasteiger partial charge in [-0.05, 0) is 48.9 Å². The van der Waals surface area contributed by atoms with Crippen LogP contribution in [0.5, 0.6) is 0 Å². The fourth-order valence-corrected chi connectivity index (χ4v) is 3.97. The average molecular weight is 470 g/mol. The standard InChI is InChI=1S/C20H22BrClN2O2S/c1-14(20(26)23-2)24(13-15-4-3-5-16(21)12-15)19(25)10-11-27-18-8-6-17(22)7-9-18/h3-9,12,14H,10-11,13H2,1-2H3,(H,23,26)/t14-/m0/s1.